The summed E-state index contributed by atoms with van der Waals surface area (Å²) in [6, 6.07) is 0.271. The lowest BCUT2D eigenvalue weighted by atomic mass is 9.63. The number of hydrogen-bond donors (Lipinski definition) is 3. The van der Waals surface area contributed by atoms with Crippen molar-refractivity contribution in [1.82, 2.24) is 16.0 Å². The van der Waals surface area contributed by atoms with Gasteiger partial charge in [0.05, 0.1) is 0 Å². The molecule has 0 aromatic carbocycles. The molecule has 0 saturated heterocycles. The molecule has 3 aliphatic carbocycles. The van der Waals surface area contributed by atoms with Gasteiger partial charge in [0.2, 0.25) is 17.7 Å². The van der Waals surface area contributed by atoms with Gasteiger partial charge in [-0.25, -0.2) is 0 Å². The van der Waals surface area contributed by atoms with Gasteiger partial charge in [0.15, 0.2) is 0 Å². The number of rotatable bonds is 59. The molecular formula is C81H153N3O4. The van der Waals surface area contributed by atoms with Gasteiger partial charge in [0.25, 0.3) is 0 Å². The van der Waals surface area contributed by atoms with Crippen molar-refractivity contribution < 1.29 is 19.2 Å². The second-order valence-electron chi connectivity index (χ2n) is 31.1. The molecule has 0 bridgehead atoms. The van der Waals surface area contributed by atoms with Crippen LogP contribution in [0.1, 0.15) is 433 Å². The highest BCUT2D eigenvalue weighted by Crippen LogP contribution is 2.47. The third-order valence-corrected chi connectivity index (χ3v) is 22.0. The van der Waals surface area contributed by atoms with E-state index in [0.29, 0.717) is 49.7 Å². The molecule has 7 nitrogen and oxygen atoms in total. The Labute approximate surface area is 548 Å². The van der Waals surface area contributed by atoms with Crippen LogP contribution in [0.2, 0.25) is 0 Å². The number of hydrogen-bond acceptors (Lipinski definition) is 4. The Kier molecular flexibility index (Phi) is 50.7. The van der Waals surface area contributed by atoms with E-state index in [1.165, 1.54) is 263 Å². The highest BCUT2D eigenvalue weighted by atomic mass is 16.2. The van der Waals surface area contributed by atoms with Gasteiger partial charge >= 0.3 is 0 Å². The lowest BCUT2D eigenvalue weighted by Gasteiger charge is -2.42. The largest absolute Gasteiger partial charge is 0.353 e. The molecule has 0 heterocycles. The topological polar surface area (TPSA) is 104 Å². The number of amides is 3. The fourth-order valence-electron chi connectivity index (χ4n) is 16.3. The molecular weight excluding hydrogens is 1080 g/mol. The molecule has 8 atom stereocenters. The summed E-state index contributed by atoms with van der Waals surface area (Å²) in [6.45, 7) is 14.0. The Morgan fingerprint density at radius 2 is 0.557 bits per heavy atom. The fraction of sp³-hybridized carbons (Fsp3) is 0.951. The minimum atomic E-state index is 0.0503. The maximum absolute atomic E-state index is 13.8. The molecule has 3 saturated carbocycles. The van der Waals surface area contributed by atoms with Gasteiger partial charge < -0.3 is 16.0 Å². The van der Waals surface area contributed by atoms with Crippen molar-refractivity contribution >= 4 is 23.5 Å². The van der Waals surface area contributed by atoms with Gasteiger partial charge in [-0.2, -0.15) is 0 Å². The predicted molar refractivity (Wildman–Crippen MR) is 381 cm³/mol. The van der Waals surface area contributed by atoms with Crippen molar-refractivity contribution in [2.75, 3.05) is 0 Å². The Morgan fingerprint density at radius 3 is 0.909 bits per heavy atom. The zero-order chi connectivity index (χ0) is 63.3. The number of ketones is 1. The van der Waals surface area contributed by atoms with Gasteiger partial charge in [0, 0.05) is 50.2 Å². The van der Waals surface area contributed by atoms with Crippen LogP contribution < -0.4 is 16.0 Å². The van der Waals surface area contributed by atoms with Crippen LogP contribution in [-0.2, 0) is 19.2 Å². The molecule has 3 N–H and O–H groups in total. The van der Waals surface area contributed by atoms with E-state index in [9.17, 15) is 19.2 Å². The SMILES string of the molecule is CCCCCCCCC1CC(CCCCC(=O)C[C@@H]2CCCC[C@@H]2NC(=O)CCCCCCCCCCCCCCCC(C)C)C(CCCCC(=O)N[C@H]2CCCC[C@H]2NC(=O)CCCCCCCCCCCCCC(C)C)CC1CCCCCCCC. The highest BCUT2D eigenvalue weighted by molar-refractivity contribution is 5.79. The van der Waals surface area contributed by atoms with E-state index in [0.717, 1.165) is 126 Å². The summed E-state index contributed by atoms with van der Waals surface area (Å²) in [5.74, 6) is 6.06. The third kappa shape index (κ3) is 43.1. The van der Waals surface area contributed by atoms with Gasteiger partial charge in [-0.3, -0.25) is 19.2 Å². The molecule has 3 fully saturated rings. The second kappa shape index (κ2) is 55.5. The minimum absolute atomic E-state index is 0.0503. The van der Waals surface area contributed by atoms with E-state index in [4.69, 9.17) is 0 Å². The van der Waals surface area contributed by atoms with Crippen LogP contribution in [0.3, 0.4) is 0 Å². The van der Waals surface area contributed by atoms with Crippen molar-refractivity contribution in [1.29, 1.82) is 0 Å². The predicted octanol–water partition coefficient (Wildman–Crippen LogP) is 24.3. The molecule has 7 heteroatoms. The van der Waals surface area contributed by atoms with Crippen LogP contribution in [0.15, 0.2) is 0 Å². The number of carbonyl (C=O) groups is 4. The first-order valence-corrected chi connectivity index (χ1v) is 40.4. The number of nitrogens with one attached hydrogen (secondary N) is 3. The Morgan fingerprint density at radius 1 is 0.295 bits per heavy atom. The summed E-state index contributed by atoms with van der Waals surface area (Å²) < 4.78 is 0. The average Bonchev–Trinajstić information content (AvgIpc) is 2.71. The summed E-state index contributed by atoms with van der Waals surface area (Å²) in [5.41, 5.74) is 0. The van der Waals surface area contributed by atoms with E-state index in [1.54, 1.807) is 0 Å². The normalized spacial score (nSPS) is 21.5. The van der Waals surface area contributed by atoms with Crippen LogP contribution in [0.4, 0.5) is 0 Å². The number of Topliss-reactive ketones (excluding diaryl/α,β-unsaturated/α-hetero) is 1. The van der Waals surface area contributed by atoms with Gasteiger partial charge in [0.1, 0.15) is 5.78 Å². The van der Waals surface area contributed by atoms with E-state index in [2.05, 4.69) is 57.5 Å². The maximum atomic E-state index is 13.8. The van der Waals surface area contributed by atoms with Gasteiger partial charge in [-0.1, -0.05) is 337 Å². The third-order valence-electron chi connectivity index (χ3n) is 22.0. The maximum Gasteiger partial charge on any atom is 0.220 e. The average molecular weight is 1230 g/mol. The first kappa shape index (κ1) is 80.3. The monoisotopic (exact) mass is 1230 g/mol. The minimum Gasteiger partial charge on any atom is -0.353 e. The van der Waals surface area contributed by atoms with Gasteiger partial charge in [-0.15, -0.1) is 0 Å². The molecule has 3 rings (SSSR count). The van der Waals surface area contributed by atoms with Crippen molar-refractivity contribution in [3.05, 3.63) is 0 Å². The summed E-state index contributed by atoms with van der Waals surface area (Å²) in [4.78, 5) is 53.8. The summed E-state index contributed by atoms with van der Waals surface area (Å²) in [5, 5.41) is 10.3. The lowest BCUT2D eigenvalue weighted by molar-refractivity contribution is -0.125. The molecule has 0 aliphatic heterocycles. The molecule has 4 unspecified atom stereocenters. The van der Waals surface area contributed by atoms with Crippen LogP contribution in [0.5, 0.6) is 0 Å². The zero-order valence-corrected chi connectivity index (χ0v) is 60.0. The summed E-state index contributed by atoms with van der Waals surface area (Å²) in [6.07, 6.45) is 74.6. The molecule has 0 aromatic heterocycles. The zero-order valence-electron chi connectivity index (χ0n) is 60.0. The summed E-state index contributed by atoms with van der Waals surface area (Å²) >= 11 is 0. The molecule has 0 spiro atoms. The molecule has 3 amide bonds. The van der Waals surface area contributed by atoms with E-state index in [1.807, 2.05) is 0 Å². The van der Waals surface area contributed by atoms with Crippen molar-refractivity contribution in [2.45, 2.75) is 451 Å². The van der Waals surface area contributed by atoms with Crippen LogP contribution in [-0.4, -0.2) is 41.6 Å². The van der Waals surface area contributed by atoms with E-state index < -0.39 is 0 Å². The van der Waals surface area contributed by atoms with Crippen LogP contribution in [0, 0.1) is 41.4 Å². The summed E-state index contributed by atoms with van der Waals surface area (Å²) in [7, 11) is 0. The van der Waals surface area contributed by atoms with E-state index in [-0.39, 0.29) is 35.8 Å². The first-order chi connectivity index (χ1) is 43.0. The van der Waals surface area contributed by atoms with E-state index >= 15 is 0 Å². The smallest absolute Gasteiger partial charge is 0.220 e. The van der Waals surface area contributed by atoms with Gasteiger partial charge in [-0.05, 0) is 106 Å². The second-order valence-corrected chi connectivity index (χ2v) is 31.1. The molecule has 0 radical (unpaired) electrons. The highest BCUT2D eigenvalue weighted by Gasteiger charge is 2.36. The molecule has 88 heavy (non-hydrogen) atoms. The van der Waals surface area contributed by atoms with Crippen molar-refractivity contribution in [3.8, 4) is 0 Å². The Bertz CT molecular complexity index is 1650. The van der Waals surface area contributed by atoms with Crippen LogP contribution in [0.25, 0.3) is 0 Å². The quantitative estimate of drug-likeness (QED) is 0.0528. The Balaban J connectivity index is 1.43. The van der Waals surface area contributed by atoms with Crippen molar-refractivity contribution in [2.24, 2.45) is 41.4 Å². The fourth-order valence-corrected chi connectivity index (χ4v) is 16.3. The standard InChI is InChI=1S/C81H153N3O4/c1-7-9-11-13-33-39-53-70-65-72(55-43-46-58-75(85)67-74-57-44-47-59-76(74)82-79(86)62-41-35-29-25-21-17-15-16-19-23-27-31-37-51-68(3)4)73(66-71(70)54-40-34-14-12-10-8-2)56-45-50-64-81(88)84-78-61-49-48-60-77(78)83-80(87)63-42-36-30-26-22-18-20-24-28-32-38-52-69(5)6/h68-74,76-78H,7-67H2,1-6H3,(H,82,86)(H,83,87)(H,84,88)/t70?,71?,72?,73?,74-,76-,77+,78-/m0/s1. The molecule has 0 aromatic rings. The number of unbranched alkanes of at least 4 members (excludes halogenated alkanes) is 34. The first-order valence-electron chi connectivity index (χ1n) is 40.4. The number of carbonyl (C=O) groups excluding carboxylic acids is 4. The lowest BCUT2D eigenvalue weighted by Crippen LogP contribution is -2.53. The molecule has 3 aliphatic rings. The van der Waals surface area contributed by atoms with Crippen LogP contribution >= 0.6 is 0 Å². The molecule has 516 valence electrons. The Hall–Kier alpha value is -1.92. The van der Waals surface area contributed by atoms with Crippen molar-refractivity contribution in [3.63, 3.8) is 0 Å².